The van der Waals surface area contributed by atoms with Crippen molar-refractivity contribution in [1.29, 1.82) is 0 Å². The first-order valence-corrected chi connectivity index (χ1v) is 11.0. The fraction of sp³-hybridized carbons (Fsp3) is 0.333. The molecule has 3 rings (SSSR count). The molecule has 0 amide bonds. The Kier molecular flexibility index (Phi) is 5.29. The lowest BCUT2D eigenvalue weighted by Gasteiger charge is -2.15. The average Bonchev–Trinajstić information content (AvgIpc) is 2.97. The van der Waals surface area contributed by atoms with Crippen LogP contribution in [0.2, 0.25) is 0 Å². The minimum absolute atomic E-state index is 0.0169. The van der Waals surface area contributed by atoms with Gasteiger partial charge in [-0.25, -0.2) is 22.3 Å². The summed E-state index contributed by atoms with van der Waals surface area (Å²) >= 11 is 1.23. The van der Waals surface area contributed by atoms with E-state index in [2.05, 4.69) is 10.1 Å². The first kappa shape index (κ1) is 19.8. The van der Waals surface area contributed by atoms with Gasteiger partial charge in [-0.05, 0) is 52.4 Å². The van der Waals surface area contributed by atoms with E-state index >= 15 is 0 Å². The molecule has 2 heterocycles. The second kappa shape index (κ2) is 7.21. The van der Waals surface area contributed by atoms with Gasteiger partial charge in [-0.15, -0.1) is 11.8 Å². The van der Waals surface area contributed by atoms with Gasteiger partial charge < -0.3 is 4.90 Å². The largest absolute Gasteiger partial charge is 0.305 e. The molecule has 2 aromatic heterocycles. The predicted molar refractivity (Wildman–Crippen MR) is 103 cm³/mol. The smallest absolute Gasteiger partial charge is 0.213 e. The molecule has 9 heteroatoms. The summed E-state index contributed by atoms with van der Waals surface area (Å²) in [6, 6.07) is 4.99. The maximum absolute atomic E-state index is 13.6. The maximum atomic E-state index is 13.6. The number of hydrogen-bond acceptors (Lipinski definition) is 6. The van der Waals surface area contributed by atoms with Crippen LogP contribution in [0.15, 0.2) is 39.1 Å². The zero-order valence-corrected chi connectivity index (χ0v) is 17.4. The normalized spacial score (nSPS) is 12.3. The van der Waals surface area contributed by atoms with Gasteiger partial charge in [0.05, 0.1) is 4.90 Å². The molecule has 0 unspecified atom stereocenters. The summed E-state index contributed by atoms with van der Waals surface area (Å²) in [7, 11) is -0.0587. The van der Waals surface area contributed by atoms with Crippen molar-refractivity contribution in [2.45, 2.75) is 35.2 Å². The minimum Gasteiger partial charge on any atom is -0.305 e. The molecular weight excluding hydrogens is 387 g/mol. The third-order valence-electron chi connectivity index (χ3n) is 4.30. The number of halogens is 1. The van der Waals surface area contributed by atoms with E-state index in [1.54, 1.807) is 10.8 Å². The quantitative estimate of drug-likeness (QED) is 0.605. The summed E-state index contributed by atoms with van der Waals surface area (Å²) in [5.41, 5.74) is 2.85. The third-order valence-corrected chi connectivity index (χ3v) is 6.89. The van der Waals surface area contributed by atoms with E-state index in [9.17, 15) is 12.8 Å². The number of benzene rings is 1. The number of nitrogens with zero attached hydrogens (tertiary/aromatic N) is 4. The van der Waals surface area contributed by atoms with Crippen molar-refractivity contribution >= 4 is 27.2 Å². The third kappa shape index (κ3) is 3.46. The molecule has 0 radical (unpaired) electrons. The van der Waals surface area contributed by atoms with Gasteiger partial charge in [0, 0.05) is 23.5 Å². The number of aromatic nitrogens is 3. The second-order valence-corrected chi connectivity index (χ2v) is 9.22. The van der Waals surface area contributed by atoms with Crippen molar-refractivity contribution in [2.75, 3.05) is 20.4 Å². The number of aryl methyl sites for hydroxylation is 2. The van der Waals surface area contributed by atoms with E-state index in [-0.39, 0.29) is 15.4 Å². The van der Waals surface area contributed by atoms with E-state index in [0.29, 0.717) is 11.6 Å². The molecule has 1 aromatic carbocycles. The van der Waals surface area contributed by atoms with Crippen LogP contribution in [0.3, 0.4) is 0 Å². The summed E-state index contributed by atoms with van der Waals surface area (Å²) in [6.07, 6.45) is 1.76. The summed E-state index contributed by atoms with van der Waals surface area (Å²) in [4.78, 5) is 6.49. The first-order valence-electron chi connectivity index (χ1n) is 8.25. The highest BCUT2D eigenvalue weighted by Crippen LogP contribution is 2.33. The number of thioether (sulfide) groups is 1. The van der Waals surface area contributed by atoms with Crippen LogP contribution in [0.25, 0.3) is 5.65 Å². The van der Waals surface area contributed by atoms with E-state index in [1.165, 1.54) is 30.0 Å². The molecule has 0 saturated carbocycles. The summed E-state index contributed by atoms with van der Waals surface area (Å²) in [5, 5.41) is 4.82. The van der Waals surface area contributed by atoms with Gasteiger partial charge >= 0.3 is 0 Å². The predicted octanol–water partition coefficient (Wildman–Crippen LogP) is 3.10. The summed E-state index contributed by atoms with van der Waals surface area (Å²) in [6.45, 7) is 4.42. The topological polar surface area (TPSA) is 67.6 Å². The van der Waals surface area contributed by atoms with Crippen LogP contribution in [-0.4, -0.2) is 48.3 Å². The molecule has 27 heavy (non-hydrogen) atoms. The Balaban J connectivity index is 2.33. The Morgan fingerprint density at radius 3 is 2.56 bits per heavy atom. The van der Waals surface area contributed by atoms with E-state index in [0.717, 1.165) is 23.0 Å². The SMILES string of the molecule is CSc1nn2c(C)c(CN(C)C)c(C)nc2c1S(=O)(=O)c1cccc(F)c1. The number of hydrogen-bond donors (Lipinski definition) is 0. The van der Waals surface area contributed by atoms with E-state index in [4.69, 9.17) is 0 Å². The molecule has 144 valence electrons. The first-order chi connectivity index (χ1) is 12.7. The van der Waals surface area contributed by atoms with E-state index in [1.807, 2.05) is 32.8 Å². The van der Waals surface area contributed by atoms with Crippen LogP contribution in [0.4, 0.5) is 4.39 Å². The number of sulfone groups is 1. The van der Waals surface area contributed by atoms with Gasteiger partial charge in [0.15, 0.2) is 10.5 Å². The average molecular weight is 409 g/mol. The van der Waals surface area contributed by atoms with Gasteiger partial charge in [-0.3, -0.25) is 0 Å². The van der Waals surface area contributed by atoms with Crippen LogP contribution in [0, 0.1) is 19.7 Å². The molecule has 3 aromatic rings. The standard InChI is InChI=1S/C18H21FN4O2S2/c1-11-15(10-22(3)4)12(2)23-17(20-11)16(18(21-23)26-5)27(24,25)14-8-6-7-13(19)9-14/h6-9H,10H2,1-5H3. The molecule has 0 aliphatic carbocycles. The van der Waals surface area contributed by atoms with Gasteiger partial charge in [0.25, 0.3) is 0 Å². The zero-order valence-electron chi connectivity index (χ0n) is 15.8. The highest BCUT2D eigenvalue weighted by molar-refractivity contribution is 7.99. The van der Waals surface area contributed by atoms with Crippen LogP contribution in [0.5, 0.6) is 0 Å². The molecule has 0 atom stereocenters. The second-order valence-electron chi connectivity index (χ2n) is 6.53. The van der Waals surface area contributed by atoms with Gasteiger partial charge in [-0.1, -0.05) is 6.07 Å². The Bertz CT molecular complexity index is 1120. The molecule has 0 bridgehead atoms. The molecule has 0 fully saturated rings. The molecular formula is C18H21FN4O2S2. The fourth-order valence-electron chi connectivity index (χ4n) is 2.99. The zero-order chi connectivity index (χ0) is 19.9. The Morgan fingerprint density at radius 1 is 1.26 bits per heavy atom. The van der Waals surface area contributed by atoms with Crippen molar-refractivity contribution in [3.63, 3.8) is 0 Å². The summed E-state index contributed by atoms with van der Waals surface area (Å²) < 4.78 is 41.7. The molecule has 0 saturated heterocycles. The monoisotopic (exact) mass is 408 g/mol. The Morgan fingerprint density at radius 2 is 1.96 bits per heavy atom. The lowest BCUT2D eigenvalue weighted by Crippen LogP contribution is -2.16. The van der Waals surface area contributed by atoms with E-state index < -0.39 is 15.7 Å². The molecule has 0 spiro atoms. The Labute approximate surface area is 162 Å². The van der Waals surface area contributed by atoms with Crippen molar-refractivity contribution in [3.05, 3.63) is 47.0 Å². The minimum atomic E-state index is -3.97. The van der Waals surface area contributed by atoms with Crippen LogP contribution in [-0.2, 0) is 16.4 Å². The van der Waals surface area contributed by atoms with Crippen molar-refractivity contribution in [2.24, 2.45) is 0 Å². The highest BCUT2D eigenvalue weighted by atomic mass is 32.2. The van der Waals surface area contributed by atoms with Crippen molar-refractivity contribution in [3.8, 4) is 0 Å². The van der Waals surface area contributed by atoms with Crippen LogP contribution >= 0.6 is 11.8 Å². The van der Waals surface area contributed by atoms with Gasteiger partial charge in [0.2, 0.25) is 9.84 Å². The number of rotatable bonds is 5. The lowest BCUT2D eigenvalue weighted by atomic mass is 10.1. The van der Waals surface area contributed by atoms with Gasteiger partial charge in [-0.2, -0.15) is 5.10 Å². The lowest BCUT2D eigenvalue weighted by molar-refractivity contribution is 0.398. The molecule has 6 nitrogen and oxygen atoms in total. The Hall–Kier alpha value is -1.97. The summed E-state index contributed by atoms with van der Waals surface area (Å²) in [5.74, 6) is -0.605. The molecule has 0 aliphatic rings. The molecule has 0 aliphatic heterocycles. The van der Waals surface area contributed by atoms with Crippen LogP contribution < -0.4 is 0 Å². The highest BCUT2D eigenvalue weighted by Gasteiger charge is 2.30. The molecule has 0 N–H and O–H groups in total. The van der Waals surface area contributed by atoms with Crippen molar-refractivity contribution in [1.82, 2.24) is 19.5 Å². The van der Waals surface area contributed by atoms with Gasteiger partial charge in [0.1, 0.15) is 10.8 Å². The van der Waals surface area contributed by atoms with Crippen molar-refractivity contribution < 1.29 is 12.8 Å². The number of fused-ring (bicyclic) bond motifs is 1. The fourth-order valence-corrected chi connectivity index (χ4v) is 5.41. The maximum Gasteiger partial charge on any atom is 0.213 e. The van der Waals surface area contributed by atoms with Crippen LogP contribution in [0.1, 0.15) is 17.0 Å².